The number of nitrogens with one attached hydrogen (secondary N) is 2. The van der Waals surface area contributed by atoms with Crippen molar-refractivity contribution in [2.24, 2.45) is 0 Å². The van der Waals surface area contributed by atoms with Gasteiger partial charge in [0.2, 0.25) is 0 Å². The Morgan fingerprint density at radius 1 is 1.16 bits per heavy atom. The Bertz CT molecular complexity index is 901. The van der Waals surface area contributed by atoms with Gasteiger partial charge in [-0.1, -0.05) is 42.5 Å². The molecular weight excluding hydrogens is 322 g/mol. The number of rotatable bonds is 6. The summed E-state index contributed by atoms with van der Waals surface area (Å²) in [5, 5.41) is 22.2. The molecule has 0 spiro atoms. The average Bonchev–Trinajstić information content (AvgIpc) is 3.09. The number of nitro groups is 1. The van der Waals surface area contributed by atoms with Gasteiger partial charge < -0.3 is 10.6 Å². The zero-order chi connectivity index (χ0) is 17.6. The highest BCUT2D eigenvalue weighted by Crippen LogP contribution is 2.18. The Morgan fingerprint density at radius 2 is 1.96 bits per heavy atom. The van der Waals surface area contributed by atoms with Crippen LogP contribution in [0.2, 0.25) is 0 Å². The van der Waals surface area contributed by atoms with Gasteiger partial charge in [0.15, 0.2) is 0 Å². The fraction of sp³-hybridized carbons (Fsp3) is 0.176. The molecule has 128 valence electrons. The Labute approximate surface area is 143 Å². The molecule has 0 saturated heterocycles. The van der Waals surface area contributed by atoms with E-state index in [2.05, 4.69) is 15.7 Å². The number of nitrogens with zero attached hydrogens (tertiary/aromatic N) is 3. The quantitative estimate of drug-likeness (QED) is 0.532. The van der Waals surface area contributed by atoms with E-state index in [4.69, 9.17) is 0 Å². The first-order valence-electron chi connectivity index (χ1n) is 7.78. The van der Waals surface area contributed by atoms with Crippen LogP contribution in [0, 0.1) is 10.1 Å². The summed E-state index contributed by atoms with van der Waals surface area (Å²) in [5.41, 5.74) is 0.969. The predicted octanol–water partition coefficient (Wildman–Crippen LogP) is 2.44. The predicted molar refractivity (Wildman–Crippen MR) is 93.1 cm³/mol. The Morgan fingerprint density at radius 3 is 2.76 bits per heavy atom. The van der Waals surface area contributed by atoms with Gasteiger partial charge in [-0.25, -0.2) is 4.79 Å². The van der Waals surface area contributed by atoms with Crippen LogP contribution < -0.4 is 10.6 Å². The molecule has 3 rings (SSSR count). The minimum Gasteiger partial charge on any atom is -0.336 e. The second-order valence-electron chi connectivity index (χ2n) is 5.47. The van der Waals surface area contributed by atoms with Crippen molar-refractivity contribution < 1.29 is 9.72 Å². The van der Waals surface area contributed by atoms with Gasteiger partial charge in [0.25, 0.3) is 0 Å². The van der Waals surface area contributed by atoms with Crippen molar-refractivity contribution in [2.75, 3.05) is 6.54 Å². The number of urea groups is 1. The molecule has 25 heavy (non-hydrogen) atoms. The minimum absolute atomic E-state index is 0.0691. The molecule has 1 aromatic heterocycles. The second-order valence-corrected chi connectivity index (χ2v) is 5.47. The highest BCUT2D eigenvalue weighted by atomic mass is 16.6. The number of hydrogen-bond donors (Lipinski definition) is 2. The van der Waals surface area contributed by atoms with E-state index in [1.54, 1.807) is 0 Å². The lowest BCUT2D eigenvalue weighted by molar-refractivity contribution is -0.385. The van der Waals surface area contributed by atoms with Crippen LogP contribution in [0.4, 0.5) is 10.5 Å². The van der Waals surface area contributed by atoms with Crippen LogP contribution in [-0.4, -0.2) is 27.3 Å². The highest BCUT2D eigenvalue weighted by Gasteiger charge is 2.08. The SMILES string of the molecule is O=C(NCCn1cc([N+](=O)[O-])cn1)NCc1cccc2ccccc12. The smallest absolute Gasteiger partial charge is 0.315 e. The van der Waals surface area contributed by atoms with Crippen LogP contribution in [0.5, 0.6) is 0 Å². The molecule has 8 heteroatoms. The summed E-state index contributed by atoms with van der Waals surface area (Å²) in [6, 6.07) is 13.7. The number of amides is 2. The third-order valence-corrected chi connectivity index (χ3v) is 3.78. The maximum atomic E-state index is 11.9. The first-order chi connectivity index (χ1) is 12.1. The number of carbonyl (C=O) groups excluding carboxylic acids is 1. The van der Waals surface area contributed by atoms with Crippen LogP contribution in [0.15, 0.2) is 54.9 Å². The van der Waals surface area contributed by atoms with E-state index in [1.165, 1.54) is 17.1 Å². The zero-order valence-corrected chi connectivity index (χ0v) is 13.4. The summed E-state index contributed by atoms with van der Waals surface area (Å²) < 4.78 is 1.42. The summed E-state index contributed by atoms with van der Waals surface area (Å²) in [6.07, 6.45) is 2.51. The van der Waals surface area contributed by atoms with Gasteiger partial charge in [0.05, 0.1) is 11.5 Å². The van der Waals surface area contributed by atoms with Crippen molar-refractivity contribution >= 4 is 22.5 Å². The molecule has 0 saturated carbocycles. The zero-order valence-electron chi connectivity index (χ0n) is 13.4. The van der Waals surface area contributed by atoms with E-state index < -0.39 is 4.92 Å². The Hall–Kier alpha value is -3.42. The van der Waals surface area contributed by atoms with E-state index in [1.807, 2.05) is 42.5 Å². The van der Waals surface area contributed by atoms with Crippen LogP contribution in [-0.2, 0) is 13.1 Å². The second kappa shape index (κ2) is 7.43. The molecule has 3 aromatic rings. The van der Waals surface area contributed by atoms with Crippen LogP contribution in [0.3, 0.4) is 0 Å². The van der Waals surface area contributed by atoms with Crippen molar-refractivity contribution in [1.29, 1.82) is 0 Å². The fourth-order valence-electron chi connectivity index (χ4n) is 2.54. The summed E-state index contributed by atoms with van der Waals surface area (Å²) in [6.45, 7) is 1.09. The third-order valence-electron chi connectivity index (χ3n) is 3.78. The summed E-state index contributed by atoms with van der Waals surface area (Å²) >= 11 is 0. The van der Waals surface area contributed by atoms with Gasteiger partial charge >= 0.3 is 11.7 Å². The van der Waals surface area contributed by atoms with Crippen molar-refractivity contribution in [1.82, 2.24) is 20.4 Å². The molecule has 2 N–H and O–H groups in total. The molecule has 0 fully saturated rings. The normalized spacial score (nSPS) is 10.6. The van der Waals surface area contributed by atoms with E-state index >= 15 is 0 Å². The lowest BCUT2D eigenvalue weighted by Crippen LogP contribution is -2.36. The van der Waals surface area contributed by atoms with Crippen LogP contribution in [0.25, 0.3) is 10.8 Å². The van der Waals surface area contributed by atoms with Crippen LogP contribution in [0.1, 0.15) is 5.56 Å². The lowest BCUT2D eigenvalue weighted by Gasteiger charge is -2.10. The molecule has 0 radical (unpaired) electrons. The maximum Gasteiger partial charge on any atom is 0.315 e. The first kappa shape index (κ1) is 16.4. The first-order valence-corrected chi connectivity index (χ1v) is 7.78. The number of hydrogen-bond acceptors (Lipinski definition) is 4. The van der Waals surface area contributed by atoms with E-state index in [9.17, 15) is 14.9 Å². The summed E-state index contributed by atoms with van der Waals surface area (Å²) in [5.74, 6) is 0. The van der Waals surface area contributed by atoms with Gasteiger partial charge in [-0.3, -0.25) is 14.8 Å². The average molecular weight is 339 g/mol. The molecule has 2 amide bonds. The molecule has 0 aliphatic carbocycles. The van der Waals surface area contributed by atoms with Crippen LogP contribution >= 0.6 is 0 Å². The highest BCUT2D eigenvalue weighted by molar-refractivity contribution is 5.86. The van der Waals surface area contributed by atoms with E-state index in [-0.39, 0.29) is 11.7 Å². The Balaban J connectivity index is 1.48. The molecular formula is C17H17N5O3. The van der Waals surface area contributed by atoms with Crippen molar-refractivity contribution in [2.45, 2.75) is 13.1 Å². The van der Waals surface area contributed by atoms with Gasteiger partial charge in [-0.05, 0) is 16.3 Å². The molecule has 2 aromatic carbocycles. The fourth-order valence-corrected chi connectivity index (χ4v) is 2.54. The standard InChI is InChI=1S/C17H17N5O3/c23-17(18-8-9-21-12-15(11-20-21)22(24)25)19-10-14-6-3-5-13-4-1-2-7-16(13)14/h1-7,11-12H,8-10H2,(H2,18,19,23). The largest absolute Gasteiger partial charge is 0.336 e. The topological polar surface area (TPSA) is 102 Å². The number of fused-ring (bicyclic) bond motifs is 1. The molecule has 0 aliphatic rings. The van der Waals surface area contributed by atoms with E-state index in [0.29, 0.717) is 19.6 Å². The van der Waals surface area contributed by atoms with Gasteiger partial charge in [0.1, 0.15) is 12.4 Å². The molecule has 0 unspecified atom stereocenters. The monoisotopic (exact) mass is 339 g/mol. The number of aromatic nitrogens is 2. The lowest BCUT2D eigenvalue weighted by atomic mass is 10.0. The number of benzene rings is 2. The maximum absolute atomic E-state index is 11.9. The summed E-state index contributed by atoms with van der Waals surface area (Å²) in [7, 11) is 0. The molecule has 0 atom stereocenters. The van der Waals surface area contributed by atoms with Crippen molar-refractivity contribution in [3.63, 3.8) is 0 Å². The molecule has 1 heterocycles. The molecule has 8 nitrogen and oxygen atoms in total. The van der Waals surface area contributed by atoms with Crippen molar-refractivity contribution in [3.05, 3.63) is 70.5 Å². The minimum atomic E-state index is -0.506. The molecule has 0 aliphatic heterocycles. The van der Waals surface area contributed by atoms with E-state index in [0.717, 1.165) is 16.3 Å². The van der Waals surface area contributed by atoms with Crippen molar-refractivity contribution in [3.8, 4) is 0 Å². The third kappa shape index (κ3) is 4.11. The number of carbonyl (C=O) groups is 1. The summed E-state index contributed by atoms with van der Waals surface area (Å²) in [4.78, 5) is 22.0. The van der Waals surface area contributed by atoms with Gasteiger partial charge in [-0.2, -0.15) is 5.10 Å². The van der Waals surface area contributed by atoms with Gasteiger partial charge in [-0.15, -0.1) is 0 Å². The Kier molecular flexibility index (Phi) is 4.89. The molecule has 0 bridgehead atoms. The van der Waals surface area contributed by atoms with Gasteiger partial charge in [0, 0.05) is 13.1 Å².